The second kappa shape index (κ2) is 8.93. The fourth-order valence-electron chi connectivity index (χ4n) is 0. The summed E-state index contributed by atoms with van der Waals surface area (Å²) in [4.78, 5) is 8.56. The van der Waals surface area contributed by atoms with Gasteiger partial charge >= 0.3 is 34.5 Å². The summed E-state index contributed by atoms with van der Waals surface area (Å²) in [5, 5.41) is 13.9. The van der Waals surface area contributed by atoms with Crippen LogP contribution in [-0.4, -0.2) is 19.6 Å². The van der Waals surface area contributed by atoms with Crippen LogP contribution in [0.2, 0.25) is 0 Å². The van der Waals surface area contributed by atoms with Gasteiger partial charge in [0.2, 0.25) is 0 Å². The van der Waals surface area contributed by atoms with E-state index in [2.05, 4.69) is 0 Å². The van der Waals surface area contributed by atoms with Gasteiger partial charge in [0.15, 0.2) is 0 Å². The summed E-state index contributed by atoms with van der Waals surface area (Å²) < 4.78 is 7.09. The topological polar surface area (TPSA) is 77.8 Å². The van der Waals surface area contributed by atoms with Crippen LogP contribution in [0.25, 0.3) is 0 Å². The molecule has 35 valence electrons. The van der Waals surface area contributed by atoms with Gasteiger partial charge in [-0.25, -0.2) is 4.79 Å². The summed E-state index contributed by atoms with van der Waals surface area (Å²) in [5.41, 5.74) is 0. The molecule has 0 aromatic heterocycles. The average molecular weight is 170 g/mol. The van der Waals surface area contributed by atoms with E-state index >= 15 is 0 Å². The van der Waals surface area contributed by atoms with Crippen molar-refractivity contribution in [1.82, 2.24) is 0 Å². The van der Waals surface area contributed by atoms with Crippen LogP contribution in [0.4, 0.5) is 4.79 Å². The van der Waals surface area contributed by atoms with E-state index in [-0.39, 0.29) is 0 Å². The van der Waals surface area contributed by atoms with Crippen molar-refractivity contribution in [3.8, 4) is 0 Å². The molecule has 0 bridgehead atoms. The summed E-state index contributed by atoms with van der Waals surface area (Å²) in [6, 6.07) is 0. The van der Waals surface area contributed by atoms with Crippen LogP contribution >= 0.6 is 0 Å². The van der Waals surface area contributed by atoms with E-state index in [1.54, 1.807) is 0 Å². The molecule has 3 N–H and O–H groups in total. The Hall–Kier alpha value is 0.113. The first kappa shape index (κ1) is 9.45. The average Bonchev–Trinajstić information content (AvgIpc) is 1.41. The quantitative estimate of drug-likeness (QED) is 0.465. The van der Waals surface area contributed by atoms with E-state index in [4.69, 9.17) is 18.2 Å². The standard InChI is InChI=1S/CH2O3.H2O.Zr/c2-1(3)4;;/h(H2,2,3,4);1H2;/q;;+1/p-1. The molecule has 0 fully saturated rings. The van der Waals surface area contributed by atoms with Crippen LogP contribution in [0.15, 0.2) is 0 Å². The van der Waals surface area contributed by atoms with Crippen LogP contribution < -0.4 is 0 Å². The first-order valence-electron chi connectivity index (χ1n) is 0.875. The number of hydrogen-bond donors (Lipinski definition) is 3. The van der Waals surface area contributed by atoms with Crippen molar-refractivity contribution in [3.63, 3.8) is 0 Å². The van der Waals surface area contributed by atoms with Gasteiger partial charge in [0, 0.05) is 0 Å². The molecule has 0 saturated carbocycles. The van der Waals surface area contributed by atoms with Crippen LogP contribution in [0.5, 0.6) is 0 Å². The van der Waals surface area contributed by atoms with Crippen molar-refractivity contribution in [2.45, 2.75) is 0 Å². The summed E-state index contributed by atoms with van der Waals surface area (Å²) in [6.07, 6.45) is -1.83. The first-order chi connectivity index (χ1) is 2.73. The molecule has 6 heavy (non-hydrogen) atoms. The minimum absolute atomic E-state index is 0.550. The zero-order valence-electron chi connectivity index (χ0n) is 2.75. The molecule has 4 nitrogen and oxygen atoms in total. The van der Waals surface area contributed by atoms with Crippen LogP contribution in [0.1, 0.15) is 0 Å². The van der Waals surface area contributed by atoms with Crippen LogP contribution in [0.3, 0.4) is 0 Å². The SMILES string of the molecule is O=C(O)O.[OH][Zr]. The molecule has 0 radical (unpaired) electrons. The molecule has 0 heterocycles. The Kier molecular flexibility index (Phi) is 14.1. The zero-order valence-corrected chi connectivity index (χ0v) is 5.21. The molecule has 0 atom stereocenters. The molecule has 5 heteroatoms. The van der Waals surface area contributed by atoms with Crippen molar-refractivity contribution >= 4 is 6.16 Å². The normalized spacial score (nSPS) is 4.67. The molecule has 0 aromatic rings. The second-order valence-corrected chi connectivity index (χ2v) is 0.283. The molecule has 0 aliphatic rings. The second-order valence-electron chi connectivity index (χ2n) is 0.283. The number of hydrogen-bond acceptors (Lipinski definition) is 2. The molecular formula is CH3O4Zr. The van der Waals surface area contributed by atoms with Gasteiger partial charge in [0.1, 0.15) is 0 Å². The number of carboxylic acid groups (broad SMARTS) is 2. The zero-order chi connectivity index (χ0) is 5.58. The maximum atomic E-state index is 8.56. The molecule has 0 amide bonds. The Bertz CT molecular complexity index is 30.5. The molecule has 0 saturated heterocycles. The fraction of sp³-hybridized carbons (Fsp3) is 0. The van der Waals surface area contributed by atoms with Crippen molar-refractivity contribution in [2.24, 2.45) is 0 Å². The van der Waals surface area contributed by atoms with Gasteiger partial charge in [0.05, 0.1) is 0 Å². The van der Waals surface area contributed by atoms with Crippen molar-refractivity contribution < 1.29 is 43.3 Å². The summed E-state index contributed by atoms with van der Waals surface area (Å²) in [5.74, 6) is 0. The third kappa shape index (κ3) is 3120. The Morgan fingerprint density at radius 1 is 1.33 bits per heavy atom. The molecule has 0 aliphatic carbocycles. The Labute approximate surface area is 49.9 Å². The van der Waals surface area contributed by atoms with Crippen molar-refractivity contribution in [2.75, 3.05) is 0 Å². The number of carbonyl (C=O) groups is 1. The van der Waals surface area contributed by atoms with Gasteiger partial charge in [-0.15, -0.1) is 0 Å². The van der Waals surface area contributed by atoms with Gasteiger partial charge in [-0.1, -0.05) is 0 Å². The molecule has 0 unspecified atom stereocenters. The van der Waals surface area contributed by atoms with Gasteiger partial charge < -0.3 is 10.2 Å². The first-order valence-corrected chi connectivity index (χ1v) is 1.97. The van der Waals surface area contributed by atoms with Gasteiger partial charge in [-0.2, -0.15) is 0 Å². The van der Waals surface area contributed by atoms with E-state index < -0.39 is 6.16 Å². The molecular weight excluding hydrogens is 167 g/mol. The van der Waals surface area contributed by atoms with Gasteiger partial charge in [-0.3, -0.25) is 0 Å². The monoisotopic (exact) mass is 169 g/mol. The van der Waals surface area contributed by atoms with Crippen LogP contribution in [-0.2, 0) is 25.2 Å². The van der Waals surface area contributed by atoms with Gasteiger partial charge in [-0.05, 0) is 0 Å². The molecule has 0 spiro atoms. The Balaban J connectivity index is 0. The summed E-state index contributed by atoms with van der Waals surface area (Å²) in [6.45, 7) is 0. The van der Waals surface area contributed by atoms with Crippen molar-refractivity contribution in [3.05, 3.63) is 0 Å². The van der Waals surface area contributed by atoms with Crippen LogP contribution in [0, 0.1) is 0 Å². The molecule has 0 aliphatic heterocycles. The van der Waals surface area contributed by atoms with E-state index in [1.165, 1.54) is 0 Å². The number of rotatable bonds is 0. The fourth-order valence-corrected chi connectivity index (χ4v) is 0. The van der Waals surface area contributed by atoms with E-state index in [1.807, 2.05) is 0 Å². The van der Waals surface area contributed by atoms with E-state index in [0.717, 1.165) is 0 Å². The van der Waals surface area contributed by atoms with Gasteiger partial charge in [0.25, 0.3) is 0 Å². The summed E-state index contributed by atoms with van der Waals surface area (Å²) in [7, 11) is 0. The summed E-state index contributed by atoms with van der Waals surface area (Å²) >= 11 is 0.550. The van der Waals surface area contributed by atoms with Crippen molar-refractivity contribution in [1.29, 1.82) is 0 Å². The third-order valence-corrected chi connectivity index (χ3v) is 0. The van der Waals surface area contributed by atoms with E-state index in [0.29, 0.717) is 25.2 Å². The molecule has 0 aromatic carbocycles. The Morgan fingerprint density at radius 3 is 1.33 bits per heavy atom. The minimum atomic E-state index is -1.83. The third-order valence-electron chi connectivity index (χ3n) is 0. The Morgan fingerprint density at radius 2 is 1.33 bits per heavy atom. The predicted octanol–water partition coefficient (Wildman–Crippen LogP) is -0.337. The predicted molar refractivity (Wildman–Crippen MR) is 12.9 cm³/mol. The molecule has 0 rings (SSSR count). The van der Waals surface area contributed by atoms with E-state index in [9.17, 15) is 0 Å². The maximum absolute atomic E-state index is 8.56.